The first-order valence-electron chi connectivity index (χ1n) is 10.3. The molecule has 0 unspecified atom stereocenters. The minimum atomic E-state index is -0.668. The number of amides is 4. The van der Waals surface area contributed by atoms with Crippen LogP contribution >= 0.6 is 0 Å². The minimum absolute atomic E-state index is 0.332. The van der Waals surface area contributed by atoms with Gasteiger partial charge in [-0.3, -0.25) is 19.4 Å². The average Bonchev–Trinajstić information content (AvgIpc) is 2.97. The molecule has 0 aromatic heterocycles. The van der Waals surface area contributed by atoms with E-state index < -0.39 is 23.9 Å². The van der Waals surface area contributed by atoms with Gasteiger partial charge in [0.05, 0.1) is 6.04 Å². The second-order valence-electron chi connectivity index (χ2n) is 7.78. The maximum absolute atomic E-state index is 12.9. The number of nitrogens with one attached hydrogen (secondary N) is 1. The molecule has 1 N–H and O–H groups in total. The Hall–Kier alpha value is -3.55. The molecule has 8 heteroatoms. The molecule has 0 spiro atoms. The Morgan fingerprint density at radius 1 is 1.10 bits per heavy atom. The van der Waals surface area contributed by atoms with E-state index in [-0.39, 0.29) is 12.6 Å². The van der Waals surface area contributed by atoms with Gasteiger partial charge in [0.1, 0.15) is 25.8 Å². The minimum Gasteiger partial charge on any atom is -0.486 e. The maximum atomic E-state index is 12.9. The summed E-state index contributed by atoms with van der Waals surface area (Å²) in [5.74, 6) is 0.499. The highest BCUT2D eigenvalue weighted by atomic mass is 16.6. The van der Waals surface area contributed by atoms with Crippen LogP contribution in [-0.4, -0.2) is 48.5 Å². The number of urea groups is 1. The summed E-state index contributed by atoms with van der Waals surface area (Å²) in [5.41, 5.74) is 2.52. The summed E-state index contributed by atoms with van der Waals surface area (Å²) in [6, 6.07) is 11.3. The predicted molar refractivity (Wildman–Crippen MR) is 114 cm³/mol. The molecule has 4 rings (SSSR count). The summed E-state index contributed by atoms with van der Waals surface area (Å²) in [6.07, 6.45) is 0. The molecule has 0 radical (unpaired) electrons. The van der Waals surface area contributed by atoms with Crippen LogP contribution in [0.1, 0.15) is 31.0 Å². The van der Waals surface area contributed by atoms with Crippen molar-refractivity contribution in [3.05, 3.63) is 53.6 Å². The van der Waals surface area contributed by atoms with Crippen molar-refractivity contribution in [1.82, 2.24) is 10.2 Å². The zero-order chi connectivity index (χ0) is 22.1. The Bertz CT molecular complexity index is 1020. The maximum Gasteiger partial charge on any atom is 0.332 e. The number of ether oxygens (including phenoxy) is 2. The van der Waals surface area contributed by atoms with Gasteiger partial charge in [-0.1, -0.05) is 23.8 Å². The van der Waals surface area contributed by atoms with Gasteiger partial charge in [-0.05, 0) is 50.6 Å². The van der Waals surface area contributed by atoms with E-state index in [0.717, 1.165) is 16.0 Å². The first-order chi connectivity index (χ1) is 14.8. The molecule has 2 atom stereocenters. The van der Waals surface area contributed by atoms with Gasteiger partial charge in [-0.2, -0.15) is 0 Å². The zero-order valence-electron chi connectivity index (χ0n) is 17.8. The van der Waals surface area contributed by atoms with Crippen LogP contribution in [0.15, 0.2) is 42.5 Å². The molecular formula is C23H25N3O5. The number of anilines is 1. The fraction of sp³-hybridized carbons (Fsp3) is 0.348. The molecule has 2 aliphatic heterocycles. The number of carbonyl (C=O) groups excluding carboxylic acids is 3. The number of benzene rings is 2. The Morgan fingerprint density at radius 2 is 1.77 bits per heavy atom. The first-order valence-corrected chi connectivity index (χ1v) is 10.3. The lowest BCUT2D eigenvalue weighted by Gasteiger charge is -2.22. The molecule has 8 nitrogen and oxygen atoms in total. The van der Waals surface area contributed by atoms with Gasteiger partial charge in [0, 0.05) is 5.69 Å². The highest BCUT2D eigenvalue weighted by Gasteiger charge is 2.44. The highest BCUT2D eigenvalue weighted by molar-refractivity contribution is 6.15. The van der Waals surface area contributed by atoms with Gasteiger partial charge in [0.2, 0.25) is 5.91 Å². The summed E-state index contributed by atoms with van der Waals surface area (Å²) < 4.78 is 11.1. The van der Waals surface area contributed by atoms with Gasteiger partial charge in [0.25, 0.3) is 5.91 Å². The molecule has 2 aliphatic rings. The van der Waals surface area contributed by atoms with Gasteiger partial charge in [-0.15, -0.1) is 0 Å². The van der Waals surface area contributed by atoms with Crippen LogP contribution in [0.3, 0.4) is 0 Å². The lowest BCUT2D eigenvalue weighted by atomic mass is 10.1. The molecule has 2 aromatic carbocycles. The summed E-state index contributed by atoms with van der Waals surface area (Å²) in [7, 11) is 0. The van der Waals surface area contributed by atoms with Gasteiger partial charge in [-0.25, -0.2) is 4.79 Å². The summed E-state index contributed by atoms with van der Waals surface area (Å²) >= 11 is 0. The molecule has 0 bridgehead atoms. The van der Waals surface area contributed by atoms with Crippen LogP contribution in [0.4, 0.5) is 10.5 Å². The third-order valence-electron chi connectivity index (χ3n) is 5.51. The normalized spacial score (nSPS) is 18.9. The van der Waals surface area contributed by atoms with Crippen molar-refractivity contribution in [3.63, 3.8) is 0 Å². The standard InChI is InChI=1S/C23H25N3O5/c1-14-4-7-18(8-5-14)26-16(3)22(28)25(23(26)29)13-21(27)24-15(2)17-6-9-19-20(12-17)31-11-10-30-19/h4-9,12,15-16H,10-11,13H2,1-3H3,(H,24,27)/t15-,16+/m0/s1. The fourth-order valence-electron chi connectivity index (χ4n) is 3.75. The number of rotatable bonds is 5. The SMILES string of the molecule is Cc1ccc(N2C(=O)N(CC(=O)N[C@@H](C)c3ccc4c(c3)OCCO4)C(=O)[C@H]2C)cc1. The van der Waals surface area contributed by atoms with Crippen molar-refractivity contribution in [2.24, 2.45) is 0 Å². The Kier molecular flexibility index (Phi) is 5.54. The lowest BCUT2D eigenvalue weighted by Crippen LogP contribution is -2.42. The monoisotopic (exact) mass is 423 g/mol. The van der Waals surface area contributed by atoms with E-state index in [9.17, 15) is 14.4 Å². The van der Waals surface area contributed by atoms with E-state index in [1.54, 1.807) is 25.1 Å². The number of hydrogen-bond acceptors (Lipinski definition) is 5. The molecule has 0 aliphatic carbocycles. The number of nitrogens with zero attached hydrogens (tertiary/aromatic N) is 2. The molecular weight excluding hydrogens is 398 g/mol. The van der Waals surface area contributed by atoms with Crippen molar-refractivity contribution < 1.29 is 23.9 Å². The predicted octanol–water partition coefficient (Wildman–Crippen LogP) is 2.80. The lowest BCUT2D eigenvalue weighted by molar-refractivity contribution is -0.132. The van der Waals surface area contributed by atoms with E-state index in [1.807, 2.05) is 38.1 Å². The first kappa shape index (κ1) is 20.7. The van der Waals surface area contributed by atoms with Crippen molar-refractivity contribution >= 4 is 23.5 Å². The van der Waals surface area contributed by atoms with Crippen LogP contribution in [0.5, 0.6) is 11.5 Å². The topological polar surface area (TPSA) is 88.2 Å². The van der Waals surface area contributed by atoms with Gasteiger partial charge >= 0.3 is 6.03 Å². The van der Waals surface area contributed by atoms with Crippen LogP contribution < -0.4 is 19.7 Å². The summed E-state index contributed by atoms with van der Waals surface area (Å²) in [5, 5.41) is 2.85. The second kappa shape index (κ2) is 8.29. The molecule has 31 heavy (non-hydrogen) atoms. The van der Waals surface area contributed by atoms with E-state index in [0.29, 0.717) is 30.4 Å². The second-order valence-corrected chi connectivity index (χ2v) is 7.78. The number of hydrogen-bond donors (Lipinski definition) is 1. The average molecular weight is 423 g/mol. The van der Waals surface area contributed by atoms with Gasteiger partial charge < -0.3 is 14.8 Å². The van der Waals surface area contributed by atoms with Crippen LogP contribution in [0, 0.1) is 6.92 Å². The van der Waals surface area contributed by atoms with E-state index >= 15 is 0 Å². The van der Waals surface area contributed by atoms with Crippen molar-refractivity contribution in [2.45, 2.75) is 32.9 Å². The molecule has 4 amide bonds. The van der Waals surface area contributed by atoms with Gasteiger partial charge in [0.15, 0.2) is 11.5 Å². The van der Waals surface area contributed by atoms with E-state index in [4.69, 9.17) is 9.47 Å². The third kappa shape index (κ3) is 4.05. The Balaban J connectivity index is 1.42. The number of fused-ring (bicyclic) bond motifs is 1. The molecule has 0 saturated carbocycles. The molecule has 1 saturated heterocycles. The van der Waals surface area contributed by atoms with Crippen molar-refractivity contribution in [1.29, 1.82) is 0 Å². The van der Waals surface area contributed by atoms with Crippen molar-refractivity contribution in [3.8, 4) is 11.5 Å². The van der Waals surface area contributed by atoms with Crippen LogP contribution in [0.25, 0.3) is 0 Å². The molecule has 1 fully saturated rings. The van der Waals surface area contributed by atoms with Crippen molar-refractivity contribution in [2.75, 3.05) is 24.7 Å². The Morgan fingerprint density at radius 3 is 2.48 bits per heavy atom. The Labute approximate surface area is 180 Å². The number of aryl methyl sites for hydroxylation is 1. The molecule has 2 heterocycles. The molecule has 162 valence electrons. The molecule has 2 aromatic rings. The number of carbonyl (C=O) groups is 3. The summed E-state index contributed by atoms with van der Waals surface area (Å²) in [6.45, 7) is 6.09. The van der Waals surface area contributed by atoms with Crippen LogP contribution in [-0.2, 0) is 9.59 Å². The smallest absolute Gasteiger partial charge is 0.332 e. The fourth-order valence-corrected chi connectivity index (χ4v) is 3.75. The largest absolute Gasteiger partial charge is 0.486 e. The van der Waals surface area contributed by atoms with Crippen LogP contribution in [0.2, 0.25) is 0 Å². The third-order valence-corrected chi connectivity index (χ3v) is 5.51. The van der Waals surface area contributed by atoms with E-state index in [2.05, 4.69) is 5.32 Å². The quantitative estimate of drug-likeness (QED) is 0.747. The number of imide groups is 1. The van der Waals surface area contributed by atoms with E-state index in [1.165, 1.54) is 4.90 Å². The zero-order valence-corrected chi connectivity index (χ0v) is 17.8. The summed E-state index contributed by atoms with van der Waals surface area (Å²) in [4.78, 5) is 40.6. The highest BCUT2D eigenvalue weighted by Crippen LogP contribution is 2.32.